The molecule has 0 saturated carbocycles. The summed E-state index contributed by atoms with van der Waals surface area (Å²) in [5.74, 6) is 0. The van der Waals surface area contributed by atoms with Gasteiger partial charge in [-0.25, -0.2) is 0 Å². The van der Waals surface area contributed by atoms with Crippen LogP contribution in [-0.2, 0) is 5.41 Å². The smallest absolute Gasteiger partial charge is 0.0132 e. The minimum absolute atomic E-state index is 0.274. The average Bonchev–Trinajstić information content (AvgIpc) is 2.46. The van der Waals surface area contributed by atoms with Gasteiger partial charge in [-0.05, 0) is 22.0 Å². The Hall–Kier alpha value is -1.82. The normalized spacial score (nSPS) is 11.9. The molecule has 0 N–H and O–H groups in total. The van der Waals surface area contributed by atoms with Gasteiger partial charge in [-0.2, -0.15) is 0 Å². The summed E-state index contributed by atoms with van der Waals surface area (Å²) in [6.07, 6.45) is 4.39. The van der Waals surface area contributed by atoms with E-state index in [1.165, 1.54) is 11.1 Å². The quantitative estimate of drug-likeness (QED) is 0.547. The fourth-order valence-corrected chi connectivity index (χ4v) is 1.85. The van der Waals surface area contributed by atoms with Gasteiger partial charge in [0, 0.05) is 0 Å². The third-order valence-electron chi connectivity index (χ3n) is 3.22. The first-order valence-electron chi connectivity index (χ1n) is 7.98. The second kappa shape index (κ2) is 7.98. The molecule has 0 aliphatic rings. The van der Waals surface area contributed by atoms with Crippen LogP contribution in [0.1, 0.15) is 52.7 Å². The van der Waals surface area contributed by atoms with E-state index < -0.39 is 0 Å². The molecule has 118 valence electrons. The van der Waals surface area contributed by atoms with Gasteiger partial charge in [0.25, 0.3) is 0 Å². The molecule has 0 amide bonds. The van der Waals surface area contributed by atoms with E-state index in [0.29, 0.717) is 5.41 Å². The molecule has 2 rings (SSSR count). The standard InChI is InChI=1S/C12H16.C10H14/c1-12(2,3)10-9-11-7-5-4-6-8-11;1-10(2,3)9-7-5-4-6-8-9/h4-10H,1-3H3;4-8H,1-3H3/b10-9+;. The molecule has 0 saturated heterocycles. The van der Waals surface area contributed by atoms with Crippen LogP contribution in [0.5, 0.6) is 0 Å². The van der Waals surface area contributed by atoms with Crippen molar-refractivity contribution in [3.63, 3.8) is 0 Å². The summed E-state index contributed by atoms with van der Waals surface area (Å²) < 4.78 is 0. The summed E-state index contributed by atoms with van der Waals surface area (Å²) in [5, 5.41) is 0. The topological polar surface area (TPSA) is 0 Å². The second-order valence-corrected chi connectivity index (χ2v) is 7.73. The number of allylic oxidation sites excluding steroid dienone is 1. The van der Waals surface area contributed by atoms with Crippen LogP contribution in [0.2, 0.25) is 0 Å². The molecular weight excluding hydrogens is 264 g/mol. The van der Waals surface area contributed by atoms with E-state index in [1.807, 2.05) is 6.07 Å². The van der Waals surface area contributed by atoms with Crippen molar-refractivity contribution in [2.24, 2.45) is 5.41 Å². The minimum Gasteiger partial charge on any atom is -0.0785 e. The third-order valence-corrected chi connectivity index (χ3v) is 3.22. The van der Waals surface area contributed by atoms with E-state index in [4.69, 9.17) is 0 Å². The monoisotopic (exact) mass is 294 g/mol. The zero-order valence-corrected chi connectivity index (χ0v) is 14.9. The lowest BCUT2D eigenvalue weighted by Gasteiger charge is -2.18. The number of benzene rings is 2. The molecule has 2 aromatic rings. The van der Waals surface area contributed by atoms with Crippen LogP contribution in [0.15, 0.2) is 66.7 Å². The van der Waals surface area contributed by atoms with Gasteiger partial charge in [0.2, 0.25) is 0 Å². The van der Waals surface area contributed by atoms with Gasteiger partial charge in [0.05, 0.1) is 0 Å². The first-order chi connectivity index (χ1) is 10.2. The zero-order valence-electron chi connectivity index (χ0n) is 14.9. The van der Waals surface area contributed by atoms with E-state index >= 15 is 0 Å². The van der Waals surface area contributed by atoms with Crippen molar-refractivity contribution in [3.8, 4) is 0 Å². The number of rotatable bonds is 1. The van der Waals surface area contributed by atoms with Crippen LogP contribution in [0.25, 0.3) is 6.08 Å². The maximum atomic E-state index is 2.22. The molecule has 0 unspecified atom stereocenters. The van der Waals surface area contributed by atoms with E-state index in [2.05, 4.69) is 108 Å². The highest BCUT2D eigenvalue weighted by atomic mass is 14.2. The Kier molecular flexibility index (Phi) is 6.61. The molecule has 22 heavy (non-hydrogen) atoms. The van der Waals surface area contributed by atoms with Gasteiger partial charge in [0.15, 0.2) is 0 Å². The highest BCUT2D eigenvalue weighted by Gasteiger charge is 2.11. The predicted octanol–water partition coefficient (Wildman–Crippen LogP) is 6.73. The van der Waals surface area contributed by atoms with Crippen LogP contribution in [-0.4, -0.2) is 0 Å². The van der Waals surface area contributed by atoms with Gasteiger partial charge in [0.1, 0.15) is 0 Å². The van der Waals surface area contributed by atoms with Crippen LogP contribution < -0.4 is 0 Å². The van der Waals surface area contributed by atoms with Crippen LogP contribution in [0, 0.1) is 5.41 Å². The van der Waals surface area contributed by atoms with Gasteiger partial charge in [-0.3, -0.25) is 0 Å². The Morgan fingerprint density at radius 1 is 0.636 bits per heavy atom. The Labute approximate surface area is 136 Å². The molecule has 0 aromatic heterocycles. The molecule has 0 aliphatic carbocycles. The lowest BCUT2D eigenvalue weighted by molar-refractivity contribution is 0.547. The molecular formula is C22H30. The molecule has 0 bridgehead atoms. The molecule has 0 spiro atoms. The van der Waals surface area contributed by atoms with Crippen molar-refractivity contribution in [3.05, 3.63) is 77.9 Å². The van der Waals surface area contributed by atoms with E-state index in [0.717, 1.165) is 0 Å². The Morgan fingerprint density at radius 2 is 1.09 bits per heavy atom. The summed E-state index contributed by atoms with van der Waals surface area (Å²) in [7, 11) is 0. The number of hydrogen-bond donors (Lipinski definition) is 0. The maximum Gasteiger partial charge on any atom is -0.0132 e. The van der Waals surface area contributed by atoms with Crippen LogP contribution in [0.3, 0.4) is 0 Å². The van der Waals surface area contributed by atoms with E-state index in [-0.39, 0.29) is 5.41 Å². The van der Waals surface area contributed by atoms with Crippen molar-refractivity contribution < 1.29 is 0 Å². The highest BCUT2D eigenvalue weighted by molar-refractivity contribution is 5.49. The lowest BCUT2D eigenvalue weighted by atomic mass is 9.87. The van der Waals surface area contributed by atoms with Crippen molar-refractivity contribution in [1.82, 2.24) is 0 Å². The third kappa shape index (κ3) is 7.83. The first kappa shape index (κ1) is 18.2. The molecule has 0 fully saturated rings. The van der Waals surface area contributed by atoms with Crippen molar-refractivity contribution in [2.45, 2.75) is 47.0 Å². The first-order valence-corrected chi connectivity index (χ1v) is 7.98. The van der Waals surface area contributed by atoms with Crippen LogP contribution in [0.4, 0.5) is 0 Å². The van der Waals surface area contributed by atoms with Gasteiger partial charge in [-0.15, -0.1) is 0 Å². The molecule has 0 nitrogen and oxygen atoms in total. The fourth-order valence-electron chi connectivity index (χ4n) is 1.85. The Balaban J connectivity index is 0.000000224. The van der Waals surface area contributed by atoms with E-state index in [9.17, 15) is 0 Å². The lowest BCUT2D eigenvalue weighted by Crippen LogP contribution is -2.10. The van der Waals surface area contributed by atoms with Crippen LogP contribution >= 0.6 is 0 Å². The molecule has 2 aromatic carbocycles. The molecule has 0 radical (unpaired) electrons. The zero-order chi connectivity index (χ0) is 16.6. The molecule has 0 atom stereocenters. The van der Waals surface area contributed by atoms with Crippen molar-refractivity contribution in [1.29, 1.82) is 0 Å². The average molecular weight is 294 g/mol. The maximum absolute atomic E-state index is 2.22. The summed E-state index contributed by atoms with van der Waals surface area (Å²) in [5.41, 5.74) is 3.24. The SMILES string of the molecule is CC(C)(C)/C=C/c1ccccc1.CC(C)(C)c1ccccc1. The fraction of sp³-hybridized carbons (Fsp3) is 0.364. The van der Waals surface area contributed by atoms with E-state index in [1.54, 1.807) is 0 Å². The van der Waals surface area contributed by atoms with Crippen molar-refractivity contribution in [2.75, 3.05) is 0 Å². The predicted molar refractivity (Wildman–Crippen MR) is 100 cm³/mol. The molecule has 0 aliphatic heterocycles. The minimum atomic E-state index is 0.274. The van der Waals surface area contributed by atoms with Gasteiger partial charge >= 0.3 is 0 Å². The Bertz CT molecular complexity index is 548. The summed E-state index contributed by atoms with van der Waals surface area (Å²) >= 11 is 0. The largest absolute Gasteiger partial charge is 0.0785 e. The van der Waals surface area contributed by atoms with Crippen molar-refractivity contribution >= 4 is 6.08 Å². The Morgan fingerprint density at radius 3 is 1.45 bits per heavy atom. The summed E-state index contributed by atoms with van der Waals surface area (Å²) in [4.78, 5) is 0. The summed E-state index contributed by atoms with van der Waals surface area (Å²) in [6, 6.07) is 20.9. The summed E-state index contributed by atoms with van der Waals surface area (Å²) in [6.45, 7) is 13.3. The highest BCUT2D eigenvalue weighted by Crippen LogP contribution is 2.20. The second-order valence-electron chi connectivity index (χ2n) is 7.73. The molecule has 0 heterocycles. The molecule has 0 heteroatoms. The van der Waals surface area contributed by atoms with Gasteiger partial charge in [-0.1, -0.05) is 114 Å². The number of hydrogen-bond acceptors (Lipinski definition) is 0. The van der Waals surface area contributed by atoms with Gasteiger partial charge < -0.3 is 0 Å².